The zero-order chi connectivity index (χ0) is 18.2. The van der Waals surface area contributed by atoms with Crippen LogP contribution < -0.4 is 20.2 Å². The lowest BCUT2D eigenvalue weighted by Crippen LogP contribution is -2.34. The average molecular weight is 362 g/mol. The van der Waals surface area contributed by atoms with Gasteiger partial charge in [0, 0.05) is 22.3 Å². The van der Waals surface area contributed by atoms with Gasteiger partial charge in [-0.25, -0.2) is 5.43 Å². The monoisotopic (exact) mass is 361 g/mol. The molecule has 6 nitrogen and oxygen atoms in total. The topological polar surface area (TPSA) is 72.0 Å². The average Bonchev–Trinajstić information content (AvgIpc) is 2.63. The van der Waals surface area contributed by atoms with Gasteiger partial charge in [-0.3, -0.25) is 4.79 Å². The number of hydrogen-bond donors (Lipinski definition) is 2. The molecule has 0 bridgehead atoms. The lowest BCUT2D eigenvalue weighted by Gasteiger charge is -2.13. The molecular weight excluding hydrogens is 342 g/mol. The zero-order valence-corrected chi connectivity index (χ0v) is 15.0. The van der Waals surface area contributed by atoms with Gasteiger partial charge in [-0.2, -0.15) is 5.10 Å². The van der Waals surface area contributed by atoms with Gasteiger partial charge in [-0.1, -0.05) is 11.6 Å². The molecule has 0 aliphatic carbocycles. The Hall–Kier alpha value is -2.73. The summed E-state index contributed by atoms with van der Waals surface area (Å²) < 4.78 is 10.4. The Morgan fingerprint density at radius 1 is 1.16 bits per heavy atom. The Labute approximate surface area is 151 Å². The van der Waals surface area contributed by atoms with Crippen molar-refractivity contribution in [2.75, 3.05) is 19.5 Å². The van der Waals surface area contributed by atoms with E-state index in [9.17, 15) is 4.79 Å². The zero-order valence-electron chi connectivity index (χ0n) is 14.2. The highest BCUT2D eigenvalue weighted by Crippen LogP contribution is 2.23. The van der Waals surface area contributed by atoms with Crippen molar-refractivity contribution in [2.45, 2.75) is 13.0 Å². The van der Waals surface area contributed by atoms with Crippen molar-refractivity contribution in [3.8, 4) is 11.5 Å². The standard InChI is InChI=1S/C18H20ClN3O3/c1-12(21-15-7-5-14(19)6-8-15)18(23)22-20-11-13-4-9-16(24-2)10-17(13)25-3/h4-12,21H,1-3H3,(H,22,23). The molecule has 25 heavy (non-hydrogen) atoms. The van der Waals surface area contributed by atoms with Crippen molar-refractivity contribution in [1.82, 2.24) is 5.43 Å². The van der Waals surface area contributed by atoms with Crippen LogP contribution in [0.4, 0.5) is 5.69 Å². The Morgan fingerprint density at radius 2 is 1.88 bits per heavy atom. The second kappa shape index (κ2) is 8.94. The molecule has 2 aromatic carbocycles. The van der Waals surface area contributed by atoms with Gasteiger partial charge in [-0.05, 0) is 43.3 Å². The summed E-state index contributed by atoms with van der Waals surface area (Å²) in [7, 11) is 3.14. The number of benzene rings is 2. The largest absolute Gasteiger partial charge is 0.497 e. The lowest BCUT2D eigenvalue weighted by molar-refractivity contribution is -0.121. The first-order valence-corrected chi connectivity index (χ1v) is 7.98. The molecule has 0 saturated heterocycles. The fraction of sp³-hybridized carbons (Fsp3) is 0.222. The minimum Gasteiger partial charge on any atom is -0.497 e. The minimum atomic E-state index is -0.462. The molecule has 2 rings (SSSR count). The summed E-state index contributed by atoms with van der Waals surface area (Å²) >= 11 is 5.84. The summed E-state index contributed by atoms with van der Waals surface area (Å²) in [6.07, 6.45) is 1.52. The van der Waals surface area contributed by atoms with Crippen LogP contribution in [-0.4, -0.2) is 32.4 Å². The van der Waals surface area contributed by atoms with Crippen LogP contribution in [0.2, 0.25) is 5.02 Å². The minimum absolute atomic E-state index is 0.265. The number of halogens is 1. The molecule has 2 aromatic rings. The van der Waals surface area contributed by atoms with Gasteiger partial charge in [-0.15, -0.1) is 0 Å². The number of carbonyl (C=O) groups excluding carboxylic acids is 1. The number of hydrogen-bond acceptors (Lipinski definition) is 5. The van der Waals surface area contributed by atoms with Crippen LogP contribution in [0.3, 0.4) is 0 Å². The Kier molecular flexibility index (Phi) is 6.65. The molecule has 0 spiro atoms. The maximum absolute atomic E-state index is 12.1. The van der Waals surface area contributed by atoms with E-state index in [4.69, 9.17) is 21.1 Å². The summed E-state index contributed by atoms with van der Waals surface area (Å²) in [5.74, 6) is 1.02. The van der Waals surface area contributed by atoms with Crippen molar-refractivity contribution >= 4 is 29.4 Å². The molecule has 132 valence electrons. The second-order valence-corrected chi connectivity index (χ2v) is 5.65. The van der Waals surface area contributed by atoms with Gasteiger partial charge in [0.05, 0.1) is 20.4 Å². The van der Waals surface area contributed by atoms with E-state index in [1.165, 1.54) is 6.21 Å². The van der Waals surface area contributed by atoms with E-state index < -0.39 is 6.04 Å². The maximum atomic E-state index is 12.1. The molecule has 0 fully saturated rings. The highest BCUT2D eigenvalue weighted by molar-refractivity contribution is 6.30. The highest BCUT2D eigenvalue weighted by Gasteiger charge is 2.11. The molecule has 0 heterocycles. The molecular formula is C18H20ClN3O3. The molecule has 2 N–H and O–H groups in total. The predicted octanol–water partition coefficient (Wildman–Crippen LogP) is 3.31. The van der Waals surface area contributed by atoms with E-state index in [1.54, 1.807) is 63.6 Å². The molecule has 0 saturated carbocycles. The van der Waals surface area contributed by atoms with Crippen molar-refractivity contribution < 1.29 is 14.3 Å². The maximum Gasteiger partial charge on any atom is 0.262 e. The Morgan fingerprint density at radius 3 is 2.52 bits per heavy atom. The van der Waals surface area contributed by atoms with Gasteiger partial charge in [0.25, 0.3) is 5.91 Å². The predicted molar refractivity (Wildman–Crippen MR) is 99.8 cm³/mol. The fourth-order valence-electron chi connectivity index (χ4n) is 2.05. The van der Waals surface area contributed by atoms with Crippen LogP contribution in [0.25, 0.3) is 0 Å². The van der Waals surface area contributed by atoms with E-state index in [0.29, 0.717) is 16.5 Å². The van der Waals surface area contributed by atoms with E-state index in [2.05, 4.69) is 15.8 Å². The molecule has 0 aliphatic heterocycles. The van der Waals surface area contributed by atoms with Gasteiger partial charge in [0.2, 0.25) is 0 Å². The molecule has 1 atom stereocenters. The first kappa shape index (κ1) is 18.6. The molecule has 0 radical (unpaired) electrons. The second-order valence-electron chi connectivity index (χ2n) is 5.22. The van der Waals surface area contributed by atoms with Crippen molar-refractivity contribution in [1.29, 1.82) is 0 Å². The van der Waals surface area contributed by atoms with Crippen LogP contribution >= 0.6 is 11.6 Å². The first-order chi connectivity index (χ1) is 12.0. The molecule has 1 unspecified atom stereocenters. The normalized spacial score (nSPS) is 11.8. The van der Waals surface area contributed by atoms with Crippen molar-refractivity contribution in [3.05, 3.63) is 53.1 Å². The summed E-state index contributed by atoms with van der Waals surface area (Å²) in [6.45, 7) is 1.74. The SMILES string of the molecule is COc1ccc(C=NNC(=O)C(C)Nc2ccc(Cl)cc2)c(OC)c1. The highest BCUT2D eigenvalue weighted by atomic mass is 35.5. The third kappa shape index (κ3) is 5.39. The number of amides is 1. The van der Waals surface area contributed by atoms with Gasteiger partial charge in [0.1, 0.15) is 17.5 Å². The van der Waals surface area contributed by atoms with Crippen LogP contribution in [-0.2, 0) is 4.79 Å². The smallest absolute Gasteiger partial charge is 0.262 e. The van der Waals surface area contributed by atoms with Crippen LogP contribution in [0, 0.1) is 0 Å². The molecule has 0 aromatic heterocycles. The van der Waals surface area contributed by atoms with E-state index in [0.717, 1.165) is 11.3 Å². The molecule has 7 heteroatoms. The summed E-state index contributed by atoms with van der Waals surface area (Å²) in [5.41, 5.74) is 4.02. The number of anilines is 1. The number of carbonyl (C=O) groups is 1. The fourth-order valence-corrected chi connectivity index (χ4v) is 2.18. The van der Waals surface area contributed by atoms with Crippen LogP contribution in [0.1, 0.15) is 12.5 Å². The number of nitrogens with one attached hydrogen (secondary N) is 2. The summed E-state index contributed by atoms with van der Waals surface area (Å²) in [4.78, 5) is 12.1. The summed E-state index contributed by atoms with van der Waals surface area (Å²) in [6, 6.07) is 12.0. The summed E-state index contributed by atoms with van der Waals surface area (Å²) in [5, 5.41) is 7.68. The third-order valence-corrected chi connectivity index (χ3v) is 3.69. The van der Waals surface area contributed by atoms with E-state index in [-0.39, 0.29) is 5.91 Å². The molecule has 1 amide bonds. The Bertz CT molecular complexity index is 748. The van der Waals surface area contributed by atoms with Gasteiger partial charge in [0.15, 0.2) is 0 Å². The van der Waals surface area contributed by atoms with Crippen molar-refractivity contribution in [2.24, 2.45) is 5.10 Å². The number of nitrogens with zero attached hydrogens (tertiary/aromatic N) is 1. The van der Waals surface area contributed by atoms with E-state index >= 15 is 0 Å². The first-order valence-electron chi connectivity index (χ1n) is 7.60. The lowest BCUT2D eigenvalue weighted by atomic mass is 10.2. The number of methoxy groups -OCH3 is 2. The van der Waals surface area contributed by atoms with E-state index in [1.807, 2.05) is 0 Å². The van der Waals surface area contributed by atoms with Crippen LogP contribution in [0.15, 0.2) is 47.6 Å². The van der Waals surface area contributed by atoms with Crippen LogP contribution in [0.5, 0.6) is 11.5 Å². The van der Waals surface area contributed by atoms with Gasteiger partial charge < -0.3 is 14.8 Å². The van der Waals surface area contributed by atoms with Gasteiger partial charge >= 0.3 is 0 Å². The Balaban J connectivity index is 1.94. The van der Waals surface area contributed by atoms with Crippen molar-refractivity contribution in [3.63, 3.8) is 0 Å². The molecule has 0 aliphatic rings. The third-order valence-electron chi connectivity index (χ3n) is 3.44. The number of rotatable bonds is 7. The number of ether oxygens (including phenoxy) is 2. The number of hydrazone groups is 1. The quantitative estimate of drug-likeness (QED) is 0.586.